The first-order valence-corrected chi connectivity index (χ1v) is 8.61. The highest BCUT2D eigenvalue weighted by Crippen LogP contribution is 2.08. The lowest BCUT2D eigenvalue weighted by Crippen LogP contribution is -1.92. The predicted molar refractivity (Wildman–Crippen MR) is 86.9 cm³/mol. The van der Waals surface area contributed by atoms with Crippen LogP contribution in [0.1, 0.15) is 90.4 Å². The molecule has 0 aliphatic rings. The number of aliphatic hydroxyl groups is 1. The molecule has 0 fully saturated rings. The van der Waals surface area contributed by atoms with E-state index in [2.05, 4.69) is 6.92 Å². The fourth-order valence-corrected chi connectivity index (χ4v) is 2.28. The Morgan fingerprint density at radius 3 is 2.15 bits per heavy atom. The summed E-state index contributed by atoms with van der Waals surface area (Å²) in [6.45, 7) is 2.54. The number of rotatable bonds is 15. The van der Waals surface area contributed by atoms with Gasteiger partial charge in [0.25, 0.3) is 0 Å². The van der Waals surface area contributed by atoms with Gasteiger partial charge in [0, 0.05) is 13.0 Å². The molecule has 0 rings (SSSR count). The SMILES string of the molecule is CCCCCCCCC(=O)/C=C/CCCCCCCO. The molecule has 0 heterocycles. The second kappa shape index (κ2) is 16.4. The van der Waals surface area contributed by atoms with Crippen molar-refractivity contribution in [2.24, 2.45) is 0 Å². The summed E-state index contributed by atoms with van der Waals surface area (Å²) in [5.41, 5.74) is 0. The van der Waals surface area contributed by atoms with Gasteiger partial charge in [-0.2, -0.15) is 0 Å². The van der Waals surface area contributed by atoms with Crippen molar-refractivity contribution in [3.63, 3.8) is 0 Å². The third-order valence-corrected chi connectivity index (χ3v) is 3.61. The molecule has 0 amide bonds. The molecule has 0 aromatic heterocycles. The minimum atomic E-state index is 0.292. The van der Waals surface area contributed by atoms with Crippen molar-refractivity contribution in [3.8, 4) is 0 Å². The number of carbonyl (C=O) groups excluding carboxylic acids is 1. The second-order valence-corrected chi connectivity index (χ2v) is 5.67. The zero-order valence-electron chi connectivity index (χ0n) is 13.4. The molecule has 118 valence electrons. The molecule has 0 aliphatic carbocycles. The standard InChI is InChI=1S/C18H34O2/c1-2-3-4-5-9-12-15-18(20)16-13-10-7-6-8-11-14-17-19/h13,16,19H,2-12,14-15,17H2,1H3/b16-13+. The molecule has 0 aromatic carbocycles. The van der Waals surface area contributed by atoms with Crippen molar-refractivity contribution in [1.29, 1.82) is 0 Å². The zero-order chi connectivity index (χ0) is 14.9. The highest BCUT2D eigenvalue weighted by molar-refractivity contribution is 5.89. The van der Waals surface area contributed by atoms with Crippen LogP contribution in [0.4, 0.5) is 0 Å². The Kier molecular flexibility index (Phi) is 15.9. The van der Waals surface area contributed by atoms with Gasteiger partial charge in [-0.15, -0.1) is 0 Å². The Morgan fingerprint density at radius 1 is 0.850 bits per heavy atom. The van der Waals surface area contributed by atoms with Gasteiger partial charge in [-0.1, -0.05) is 64.4 Å². The molecule has 2 nitrogen and oxygen atoms in total. The van der Waals surface area contributed by atoms with Gasteiger partial charge in [0.15, 0.2) is 5.78 Å². The van der Waals surface area contributed by atoms with Gasteiger partial charge in [0.05, 0.1) is 0 Å². The van der Waals surface area contributed by atoms with Gasteiger partial charge < -0.3 is 5.11 Å². The lowest BCUT2D eigenvalue weighted by Gasteiger charge is -1.99. The molecule has 0 spiro atoms. The van der Waals surface area contributed by atoms with Crippen molar-refractivity contribution >= 4 is 5.78 Å². The molecule has 0 aliphatic heterocycles. The zero-order valence-corrected chi connectivity index (χ0v) is 13.4. The van der Waals surface area contributed by atoms with Gasteiger partial charge in [-0.3, -0.25) is 4.79 Å². The summed E-state index contributed by atoms with van der Waals surface area (Å²) >= 11 is 0. The number of hydrogen-bond donors (Lipinski definition) is 1. The average molecular weight is 282 g/mol. The van der Waals surface area contributed by atoms with Crippen LogP contribution in [0.25, 0.3) is 0 Å². The summed E-state index contributed by atoms with van der Waals surface area (Å²) in [6, 6.07) is 0. The largest absolute Gasteiger partial charge is 0.396 e. The van der Waals surface area contributed by atoms with E-state index < -0.39 is 0 Å². The lowest BCUT2D eigenvalue weighted by atomic mass is 10.1. The van der Waals surface area contributed by atoms with E-state index in [9.17, 15) is 4.79 Å². The number of hydrogen-bond acceptors (Lipinski definition) is 2. The number of unbranched alkanes of at least 4 members (excludes halogenated alkanes) is 10. The Balaban J connectivity index is 3.27. The molecular weight excluding hydrogens is 248 g/mol. The molecule has 1 N–H and O–H groups in total. The maximum Gasteiger partial charge on any atom is 0.155 e. The number of allylic oxidation sites excluding steroid dienone is 2. The Labute approximate surface area is 125 Å². The van der Waals surface area contributed by atoms with Gasteiger partial charge >= 0.3 is 0 Å². The fourth-order valence-electron chi connectivity index (χ4n) is 2.28. The van der Waals surface area contributed by atoms with Crippen LogP contribution >= 0.6 is 0 Å². The summed E-state index contributed by atoms with van der Waals surface area (Å²) in [4.78, 5) is 11.6. The second-order valence-electron chi connectivity index (χ2n) is 5.67. The molecule has 0 bridgehead atoms. The third kappa shape index (κ3) is 15.4. The van der Waals surface area contributed by atoms with E-state index in [1.165, 1.54) is 44.9 Å². The van der Waals surface area contributed by atoms with E-state index in [1.807, 2.05) is 6.08 Å². The van der Waals surface area contributed by atoms with Crippen LogP contribution < -0.4 is 0 Å². The molecular formula is C18H34O2. The molecule has 0 aromatic rings. The quantitative estimate of drug-likeness (QED) is 0.331. The van der Waals surface area contributed by atoms with Gasteiger partial charge in [-0.25, -0.2) is 0 Å². The molecule has 0 radical (unpaired) electrons. The van der Waals surface area contributed by atoms with Crippen LogP contribution in [-0.2, 0) is 4.79 Å². The van der Waals surface area contributed by atoms with Gasteiger partial charge in [0.2, 0.25) is 0 Å². The number of aliphatic hydroxyl groups excluding tert-OH is 1. The number of ketones is 1. The summed E-state index contributed by atoms with van der Waals surface area (Å²) in [6.07, 6.45) is 18.6. The highest BCUT2D eigenvalue weighted by Gasteiger charge is 1.96. The highest BCUT2D eigenvalue weighted by atomic mass is 16.2. The molecule has 0 atom stereocenters. The van der Waals surface area contributed by atoms with E-state index in [-0.39, 0.29) is 0 Å². The predicted octanol–water partition coefficient (Wildman–Crippen LogP) is 5.20. The number of carbonyl (C=O) groups is 1. The van der Waals surface area contributed by atoms with E-state index >= 15 is 0 Å². The lowest BCUT2D eigenvalue weighted by molar-refractivity contribution is -0.114. The van der Waals surface area contributed by atoms with Crippen LogP contribution in [0.2, 0.25) is 0 Å². The third-order valence-electron chi connectivity index (χ3n) is 3.61. The van der Waals surface area contributed by atoms with Crippen molar-refractivity contribution < 1.29 is 9.90 Å². The minimum absolute atomic E-state index is 0.292. The summed E-state index contributed by atoms with van der Waals surface area (Å²) in [5, 5.41) is 8.65. The van der Waals surface area contributed by atoms with Crippen molar-refractivity contribution in [2.45, 2.75) is 90.4 Å². The van der Waals surface area contributed by atoms with Crippen LogP contribution in [0, 0.1) is 0 Å². The molecule has 0 saturated heterocycles. The van der Waals surface area contributed by atoms with Crippen LogP contribution in [0.5, 0.6) is 0 Å². The van der Waals surface area contributed by atoms with Crippen LogP contribution in [0.15, 0.2) is 12.2 Å². The normalized spacial score (nSPS) is 11.3. The first-order chi connectivity index (χ1) is 9.81. The summed E-state index contributed by atoms with van der Waals surface area (Å²) < 4.78 is 0. The average Bonchev–Trinajstić information content (AvgIpc) is 2.45. The first kappa shape index (κ1) is 19.4. The van der Waals surface area contributed by atoms with Crippen molar-refractivity contribution in [1.82, 2.24) is 0 Å². The minimum Gasteiger partial charge on any atom is -0.396 e. The maximum atomic E-state index is 11.6. The Hall–Kier alpha value is -0.630. The van der Waals surface area contributed by atoms with Crippen molar-refractivity contribution in [2.75, 3.05) is 6.61 Å². The molecule has 0 saturated carbocycles. The van der Waals surface area contributed by atoms with Crippen molar-refractivity contribution in [3.05, 3.63) is 12.2 Å². The molecule has 20 heavy (non-hydrogen) atoms. The van der Waals surface area contributed by atoms with E-state index in [0.717, 1.165) is 38.5 Å². The van der Waals surface area contributed by atoms with Crippen LogP contribution in [-0.4, -0.2) is 17.5 Å². The van der Waals surface area contributed by atoms with E-state index in [1.54, 1.807) is 6.08 Å². The fraction of sp³-hybridized carbons (Fsp3) is 0.833. The molecule has 2 heteroatoms. The topological polar surface area (TPSA) is 37.3 Å². The van der Waals surface area contributed by atoms with E-state index in [0.29, 0.717) is 12.4 Å². The first-order valence-electron chi connectivity index (χ1n) is 8.61. The Bertz CT molecular complexity index is 234. The monoisotopic (exact) mass is 282 g/mol. The Morgan fingerprint density at radius 2 is 1.45 bits per heavy atom. The maximum absolute atomic E-state index is 11.6. The van der Waals surface area contributed by atoms with E-state index in [4.69, 9.17) is 5.11 Å². The smallest absolute Gasteiger partial charge is 0.155 e. The van der Waals surface area contributed by atoms with Gasteiger partial charge in [0.1, 0.15) is 0 Å². The molecule has 0 unspecified atom stereocenters. The van der Waals surface area contributed by atoms with Gasteiger partial charge in [-0.05, 0) is 31.8 Å². The summed E-state index contributed by atoms with van der Waals surface area (Å²) in [7, 11) is 0. The van der Waals surface area contributed by atoms with Crippen LogP contribution in [0.3, 0.4) is 0 Å². The summed E-state index contributed by atoms with van der Waals surface area (Å²) in [5.74, 6) is 0.292.